The molecule has 0 saturated heterocycles. The lowest BCUT2D eigenvalue weighted by molar-refractivity contribution is -0.394. The summed E-state index contributed by atoms with van der Waals surface area (Å²) in [5.74, 6) is -0.397. The zero-order valence-electron chi connectivity index (χ0n) is 12.0. The van der Waals surface area contributed by atoms with Crippen LogP contribution in [0.25, 0.3) is 0 Å². The van der Waals surface area contributed by atoms with Crippen molar-refractivity contribution in [3.63, 3.8) is 0 Å². The van der Waals surface area contributed by atoms with Gasteiger partial charge in [-0.2, -0.15) is 0 Å². The summed E-state index contributed by atoms with van der Waals surface area (Å²) < 4.78 is 0. The molecule has 2 rings (SSSR count). The van der Waals surface area contributed by atoms with Gasteiger partial charge in [0.15, 0.2) is 0 Å². The number of nitro benzene ring substituents is 2. The number of nitrogens with one attached hydrogen (secondary N) is 1. The van der Waals surface area contributed by atoms with E-state index in [1.54, 1.807) is 0 Å². The summed E-state index contributed by atoms with van der Waals surface area (Å²) in [4.78, 5) is 32.1. The Balaban J connectivity index is 2.08. The number of carbonyl (C=O) groups is 1. The number of non-ortho nitro benzene ring substituents is 1. The lowest BCUT2D eigenvalue weighted by Crippen LogP contribution is -2.24. The largest absolute Gasteiger partial charge is 0.352 e. The maximum Gasteiger partial charge on any atom is 0.279 e. The molecule has 0 aliphatic carbocycles. The number of hydrogen-bond donors (Lipinski definition) is 1. The molecule has 0 unspecified atom stereocenters. The minimum atomic E-state index is -0.729. The van der Waals surface area contributed by atoms with Gasteiger partial charge >= 0.3 is 0 Å². The maximum atomic E-state index is 11.9. The fraction of sp³-hybridized carbons (Fsp3) is 0.133. The molecule has 8 nitrogen and oxygen atoms in total. The number of amides is 1. The van der Waals surface area contributed by atoms with E-state index in [1.165, 1.54) is 6.07 Å². The molecule has 0 saturated carbocycles. The van der Waals surface area contributed by atoms with E-state index in [-0.39, 0.29) is 17.7 Å². The Kier molecular flexibility index (Phi) is 4.98. The summed E-state index contributed by atoms with van der Waals surface area (Å²) in [5.41, 5.74) is 0.212. The third kappa shape index (κ3) is 4.34. The number of rotatable bonds is 6. The zero-order valence-corrected chi connectivity index (χ0v) is 12.0. The zero-order chi connectivity index (χ0) is 16.8. The molecule has 0 heterocycles. The SMILES string of the molecule is O=C(Cc1ccc([N+](=O)[O-])cc1[N+](=O)[O-])NCc1ccccc1. The first-order valence-corrected chi connectivity index (χ1v) is 6.69. The molecule has 0 bridgehead atoms. The van der Waals surface area contributed by atoms with Crippen LogP contribution in [0.1, 0.15) is 11.1 Å². The fourth-order valence-electron chi connectivity index (χ4n) is 2.02. The van der Waals surface area contributed by atoms with Crippen LogP contribution in [0.5, 0.6) is 0 Å². The summed E-state index contributed by atoms with van der Waals surface area (Å²) in [6, 6.07) is 12.4. The standard InChI is InChI=1S/C15H13N3O5/c19-15(16-10-11-4-2-1-3-5-11)8-12-6-7-13(17(20)21)9-14(12)18(22)23/h1-7,9H,8,10H2,(H,16,19). The van der Waals surface area contributed by atoms with E-state index >= 15 is 0 Å². The molecule has 0 spiro atoms. The van der Waals surface area contributed by atoms with Crippen LogP contribution in [0.3, 0.4) is 0 Å². The Labute approximate surface area is 131 Å². The predicted octanol–water partition coefficient (Wildman–Crippen LogP) is 2.36. The van der Waals surface area contributed by atoms with Gasteiger partial charge in [0.2, 0.25) is 5.91 Å². The van der Waals surface area contributed by atoms with Crippen molar-refractivity contribution in [1.29, 1.82) is 0 Å². The van der Waals surface area contributed by atoms with Gasteiger partial charge in [-0.25, -0.2) is 0 Å². The Morgan fingerprint density at radius 1 is 1.00 bits per heavy atom. The van der Waals surface area contributed by atoms with E-state index in [1.807, 2.05) is 30.3 Å². The van der Waals surface area contributed by atoms with E-state index in [2.05, 4.69) is 5.32 Å². The van der Waals surface area contributed by atoms with E-state index in [0.717, 1.165) is 17.7 Å². The van der Waals surface area contributed by atoms with Crippen molar-refractivity contribution >= 4 is 17.3 Å². The second-order valence-electron chi connectivity index (χ2n) is 4.77. The summed E-state index contributed by atoms with van der Waals surface area (Å²) in [6.45, 7) is 0.306. The highest BCUT2D eigenvalue weighted by Crippen LogP contribution is 2.25. The van der Waals surface area contributed by atoms with Gasteiger partial charge in [0.25, 0.3) is 11.4 Å². The molecule has 0 aromatic heterocycles. The first-order valence-electron chi connectivity index (χ1n) is 6.69. The summed E-state index contributed by atoms with van der Waals surface area (Å²) in [6.07, 6.45) is -0.221. The van der Waals surface area contributed by atoms with Crippen LogP contribution in [0, 0.1) is 20.2 Å². The Hall–Kier alpha value is -3.29. The molecular weight excluding hydrogens is 302 g/mol. The second kappa shape index (κ2) is 7.12. The molecule has 1 N–H and O–H groups in total. The molecule has 0 aliphatic rings. The number of carbonyl (C=O) groups excluding carboxylic acids is 1. The van der Waals surface area contributed by atoms with Gasteiger partial charge in [0.05, 0.1) is 22.3 Å². The number of benzene rings is 2. The fourth-order valence-corrected chi connectivity index (χ4v) is 2.02. The molecule has 0 fully saturated rings. The van der Waals surface area contributed by atoms with Crippen molar-refractivity contribution in [1.82, 2.24) is 5.32 Å². The van der Waals surface area contributed by atoms with Crippen molar-refractivity contribution in [2.24, 2.45) is 0 Å². The van der Waals surface area contributed by atoms with Crippen LogP contribution in [0.15, 0.2) is 48.5 Å². The first kappa shape index (κ1) is 16.1. The third-order valence-corrected chi connectivity index (χ3v) is 3.16. The van der Waals surface area contributed by atoms with Crippen LogP contribution in [0.4, 0.5) is 11.4 Å². The predicted molar refractivity (Wildman–Crippen MR) is 81.7 cm³/mol. The van der Waals surface area contributed by atoms with Gasteiger partial charge < -0.3 is 5.32 Å². The Morgan fingerprint density at radius 3 is 2.30 bits per heavy atom. The highest BCUT2D eigenvalue weighted by atomic mass is 16.6. The quantitative estimate of drug-likeness (QED) is 0.649. The maximum absolute atomic E-state index is 11.9. The van der Waals surface area contributed by atoms with Crippen molar-refractivity contribution in [2.45, 2.75) is 13.0 Å². The lowest BCUT2D eigenvalue weighted by atomic mass is 10.1. The van der Waals surface area contributed by atoms with Gasteiger partial charge in [-0.05, 0) is 11.6 Å². The van der Waals surface area contributed by atoms with Crippen LogP contribution in [0.2, 0.25) is 0 Å². The molecular formula is C15H13N3O5. The van der Waals surface area contributed by atoms with Gasteiger partial charge in [-0.1, -0.05) is 30.3 Å². The van der Waals surface area contributed by atoms with Gasteiger partial charge in [0, 0.05) is 18.2 Å². The van der Waals surface area contributed by atoms with E-state index in [4.69, 9.17) is 0 Å². The molecule has 23 heavy (non-hydrogen) atoms. The van der Waals surface area contributed by atoms with Gasteiger partial charge in [-0.3, -0.25) is 25.0 Å². The number of nitro groups is 2. The van der Waals surface area contributed by atoms with Crippen molar-refractivity contribution in [3.05, 3.63) is 79.9 Å². The van der Waals surface area contributed by atoms with Crippen molar-refractivity contribution in [3.8, 4) is 0 Å². The van der Waals surface area contributed by atoms with E-state index in [0.29, 0.717) is 6.54 Å². The summed E-state index contributed by atoms with van der Waals surface area (Å²) in [5, 5.41) is 24.3. The van der Waals surface area contributed by atoms with Crippen LogP contribution >= 0.6 is 0 Å². The second-order valence-corrected chi connectivity index (χ2v) is 4.77. The van der Waals surface area contributed by atoms with Gasteiger partial charge in [0.1, 0.15) is 0 Å². The monoisotopic (exact) mass is 315 g/mol. The topological polar surface area (TPSA) is 115 Å². The molecule has 1 amide bonds. The van der Waals surface area contributed by atoms with Crippen LogP contribution < -0.4 is 5.32 Å². The molecule has 0 radical (unpaired) electrons. The summed E-state index contributed by atoms with van der Waals surface area (Å²) >= 11 is 0. The molecule has 2 aromatic carbocycles. The lowest BCUT2D eigenvalue weighted by Gasteiger charge is -2.06. The molecule has 8 heteroatoms. The molecule has 0 aliphatic heterocycles. The van der Waals surface area contributed by atoms with E-state index in [9.17, 15) is 25.0 Å². The molecule has 2 aromatic rings. The van der Waals surface area contributed by atoms with Crippen molar-refractivity contribution < 1.29 is 14.6 Å². The summed E-state index contributed by atoms with van der Waals surface area (Å²) in [7, 11) is 0. The van der Waals surface area contributed by atoms with Crippen LogP contribution in [-0.4, -0.2) is 15.8 Å². The molecule has 0 atom stereocenters. The third-order valence-electron chi connectivity index (χ3n) is 3.16. The van der Waals surface area contributed by atoms with E-state index < -0.39 is 21.4 Å². The normalized spacial score (nSPS) is 10.1. The van der Waals surface area contributed by atoms with Crippen LogP contribution in [-0.2, 0) is 17.8 Å². The minimum absolute atomic E-state index is 0.131. The highest BCUT2D eigenvalue weighted by Gasteiger charge is 2.20. The average Bonchev–Trinajstić information content (AvgIpc) is 2.54. The molecule has 118 valence electrons. The Bertz CT molecular complexity index is 746. The smallest absolute Gasteiger partial charge is 0.279 e. The highest BCUT2D eigenvalue weighted by molar-refractivity contribution is 5.80. The minimum Gasteiger partial charge on any atom is -0.352 e. The van der Waals surface area contributed by atoms with Crippen molar-refractivity contribution in [2.75, 3.05) is 0 Å². The first-order chi connectivity index (χ1) is 11.0. The Morgan fingerprint density at radius 2 is 1.70 bits per heavy atom. The number of hydrogen-bond acceptors (Lipinski definition) is 5. The van der Waals surface area contributed by atoms with Gasteiger partial charge in [-0.15, -0.1) is 0 Å². The number of nitrogens with zero attached hydrogens (tertiary/aromatic N) is 2. The average molecular weight is 315 g/mol.